The molecule has 0 fully saturated rings. The maximum absolute atomic E-state index is 12.0. The molecule has 0 bridgehead atoms. The van der Waals surface area contributed by atoms with E-state index in [2.05, 4.69) is 32.2 Å². The van der Waals surface area contributed by atoms with E-state index < -0.39 is 6.04 Å². The van der Waals surface area contributed by atoms with Gasteiger partial charge in [-0.25, -0.2) is 14.6 Å². The molecule has 0 spiro atoms. The Bertz CT molecular complexity index is 640. The average molecular weight is 270 g/mol. The second-order valence-electron chi connectivity index (χ2n) is 3.95. The van der Waals surface area contributed by atoms with Gasteiger partial charge in [-0.1, -0.05) is 12.0 Å². The molecule has 0 radical (unpaired) electrons. The minimum Gasteiger partial charge on any atom is -0.320 e. The fraction of sp³-hybridized carbons (Fsp3) is 0.231. The summed E-state index contributed by atoms with van der Waals surface area (Å²) in [6.07, 6.45) is 2.87. The molecule has 2 rings (SSSR count). The first-order valence-corrected chi connectivity index (χ1v) is 6.01. The molecule has 1 amide bonds. The average Bonchev–Trinajstić information content (AvgIpc) is 2.98. The van der Waals surface area contributed by atoms with Crippen LogP contribution in [-0.4, -0.2) is 32.2 Å². The van der Waals surface area contributed by atoms with Crippen molar-refractivity contribution in [2.75, 3.05) is 11.9 Å². The topological polar surface area (TPSA) is 98.7 Å². The van der Waals surface area contributed by atoms with Crippen LogP contribution in [0.4, 0.5) is 5.82 Å². The molecule has 0 aromatic carbocycles. The van der Waals surface area contributed by atoms with Crippen LogP contribution in [0.1, 0.15) is 18.7 Å². The predicted octanol–water partition coefficient (Wildman–Crippen LogP) is 0.183. The van der Waals surface area contributed by atoms with E-state index in [1.54, 1.807) is 25.1 Å². The number of pyridine rings is 1. The molecule has 0 aliphatic rings. The van der Waals surface area contributed by atoms with Gasteiger partial charge in [0.15, 0.2) is 0 Å². The number of anilines is 1. The summed E-state index contributed by atoms with van der Waals surface area (Å²) in [5.41, 5.74) is 5.86. The normalized spacial score (nSPS) is 11.3. The van der Waals surface area contributed by atoms with Gasteiger partial charge >= 0.3 is 0 Å². The largest absolute Gasteiger partial charge is 0.320 e. The zero-order valence-corrected chi connectivity index (χ0v) is 10.9. The van der Waals surface area contributed by atoms with Crippen LogP contribution in [-0.2, 0) is 4.79 Å². The Balaban J connectivity index is 2.08. The molecule has 0 saturated carbocycles. The highest BCUT2D eigenvalue weighted by Gasteiger charge is 2.15. The summed E-state index contributed by atoms with van der Waals surface area (Å²) in [5, 5.41) is 6.63. The van der Waals surface area contributed by atoms with Crippen LogP contribution in [0.25, 0.3) is 0 Å². The molecule has 1 atom stereocenters. The minimum atomic E-state index is -0.474. The van der Waals surface area contributed by atoms with E-state index >= 15 is 0 Å². The Morgan fingerprint density at radius 2 is 2.40 bits per heavy atom. The molecule has 0 saturated heterocycles. The van der Waals surface area contributed by atoms with Crippen LogP contribution < -0.4 is 11.1 Å². The number of carbonyl (C=O) groups is 1. The summed E-state index contributed by atoms with van der Waals surface area (Å²) in [7, 11) is 0. The Labute approximate surface area is 116 Å². The summed E-state index contributed by atoms with van der Waals surface area (Å²) < 4.78 is 1.47. The molecule has 2 heterocycles. The molecular formula is C13H14N6O. The van der Waals surface area contributed by atoms with Crippen LogP contribution in [0.15, 0.2) is 30.9 Å². The summed E-state index contributed by atoms with van der Waals surface area (Å²) >= 11 is 0. The third-order valence-electron chi connectivity index (χ3n) is 2.53. The monoisotopic (exact) mass is 270 g/mol. The van der Waals surface area contributed by atoms with Crippen LogP contribution in [0.5, 0.6) is 0 Å². The molecule has 3 N–H and O–H groups in total. The molecular weight excluding hydrogens is 256 g/mol. The number of amides is 1. The lowest BCUT2D eigenvalue weighted by molar-refractivity contribution is -0.119. The van der Waals surface area contributed by atoms with Gasteiger partial charge in [0.2, 0.25) is 5.91 Å². The molecule has 0 aliphatic carbocycles. The van der Waals surface area contributed by atoms with E-state index in [1.807, 2.05) is 0 Å². The Kier molecular flexibility index (Phi) is 4.42. The number of nitrogens with zero attached hydrogens (tertiary/aromatic N) is 4. The summed E-state index contributed by atoms with van der Waals surface area (Å²) in [6.45, 7) is 1.99. The second-order valence-corrected chi connectivity index (χ2v) is 3.95. The lowest BCUT2D eigenvalue weighted by Crippen LogP contribution is -2.24. The lowest BCUT2D eigenvalue weighted by atomic mass is 10.3. The van der Waals surface area contributed by atoms with Crippen molar-refractivity contribution < 1.29 is 4.79 Å². The van der Waals surface area contributed by atoms with Crippen molar-refractivity contribution >= 4 is 11.7 Å². The highest BCUT2D eigenvalue weighted by molar-refractivity contribution is 5.92. The molecule has 0 aliphatic heterocycles. The first-order valence-electron chi connectivity index (χ1n) is 6.01. The Morgan fingerprint density at radius 3 is 3.10 bits per heavy atom. The van der Waals surface area contributed by atoms with Gasteiger partial charge in [0.05, 0.1) is 6.54 Å². The van der Waals surface area contributed by atoms with Gasteiger partial charge in [-0.05, 0) is 25.0 Å². The number of hydrogen-bond acceptors (Lipinski definition) is 5. The highest BCUT2D eigenvalue weighted by Crippen LogP contribution is 2.09. The third-order valence-corrected chi connectivity index (χ3v) is 2.53. The van der Waals surface area contributed by atoms with E-state index in [4.69, 9.17) is 5.73 Å². The first-order chi connectivity index (χ1) is 9.70. The van der Waals surface area contributed by atoms with E-state index in [1.165, 1.54) is 17.3 Å². The summed E-state index contributed by atoms with van der Waals surface area (Å²) in [5.74, 6) is 5.73. The van der Waals surface area contributed by atoms with E-state index in [0.717, 1.165) is 0 Å². The second kappa shape index (κ2) is 6.45. The number of rotatable bonds is 3. The van der Waals surface area contributed by atoms with Gasteiger partial charge in [-0.3, -0.25) is 4.79 Å². The van der Waals surface area contributed by atoms with Gasteiger partial charge in [-0.2, -0.15) is 5.10 Å². The number of aromatic nitrogens is 4. The smallest absolute Gasteiger partial charge is 0.250 e. The van der Waals surface area contributed by atoms with Crippen LogP contribution in [0.2, 0.25) is 0 Å². The quantitative estimate of drug-likeness (QED) is 0.775. The highest BCUT2D eigenvalue weighted by atomic mass is 16.2. The fourth-order valence-electron chi connectivity index (χ4n) is 1.48. The molecule has 2 aromatic heterocycles. The zero-order chi connectivity index (χ0) is 14.4. The number of carbonyl (C=O) groups excluding carboxylic acids is 1. The standard InChI is InChI=1S/C13H14N6O/c1-10(19-9-15-8-16-19)13(20)18-12-6-2-4-11(17-12)5-3-7-14/h2,4,6,8-10H,7,14H2,1H3,(H,17,18,20). The zero-order valence-electron chi connectivity index (χ0n) is 10.9. The van der Waals surface area contributed by atoms with Crippen LogP contribution in [0, 0.1) is 11.8 Å². The summed E-state index contributed by atoms with van der Waals surface area (Å²) in [4.78, 5) is 20.1. The fourth-order valence-corrected chi connectivity index (χ4v) is 1.48. The van der Waals surface area contributed by atoms with Crippen molar-refractivity contribution in [1.82, 2.24) is 19.7 Å². The van der Waals surface area contributed by atoms with Gasteiger partial charge in [0.25, 0.3) is 0 Å². The van der Waals surface area contributed by atoms with E-state index in [0.29, 0.717) is 11.5 Å². The maximum Gasteiger partial charge on any atom is 0.250 e. The number of nitrogens with one attached hydrogen (secondary N) is 1. The molecule has 7 nitrogen and oxygen atoms in total. The van der Waals surface area contributed by atoms with Crippen molar-refractivity contribution in [3.63, 3.8) is 0 Å². The van der Waals surface area contributed by atoms with E-state index in [9.17, 15) is 4.79 Å². The molecule has 102 valence electrons. The van der Waals surface area contributed by atoms with Gasteiger partial charge in [0, 0.05) is 0 Å². The van der Waals surface area contributed by atoms with Gasteiger partial charge in [-0.15, -0.1) is 0 Å². The van der Waals surface area contributed by atoms with Crippen LogP contribution >= 0.6 is 0 Å². The van der Waals surface area contributed by atoms with Crippen molar-refractivity contribution in [2.24, 2.45) is 5.73 Å². The number of hydrogen-bond donors (Lipinski definition) is 2. The Morgan fingerprint density at radius 1 is 1.55 bits per heavy atom. The minimum absolute atomic E-state index is 0.230. The first kappa shape index (κ1) is 13.7. The van der Waals surface area contributed by atoms with Crippen LogP contribution in [0.3, 0.4) is 0 Å². The third kappa shape index (κ3) is 3.40. The Hall–Kier alpha value is -2.72. The molecule has 2 aromatic rings. The summed E-state index contributed by atoms with van der Waals surface area (Å²) in [6, 6.07) is 4.74. The van der Waals surface area contributed by atoms with Gasteiger partial charge < -0.3 is 11.1 Å². The molecule has 1 unspecified atom stereocenters. The van der Waals surface area contributed by atoms with E-state index in [-0.39, 0.29) is 12.5 Å². The van der Waals surface area contributed by atoms with Crippen molar-refractivity contribution in [3.8, 4) is 11.8 Å². The van der Waals surface area contributed by atoms with Gasteiger partial charge in [0.1, 0.15) is 30.2 Å². The maximum atomic E-state index is 12.0. The number of nitrogens with two attached hydrogens (primary N) is 1. The SMILES string of the molecule is CC(C(=O)Nc1cccc(C#CCN)n1)n1cncn1. The van der Waals surface area contributed by atoms with Crippen molar-refractivity contribution in [3.05, 3.63) is 36.5 Å². The lowest BCUT2D eigenvalue weighted by Gasteiger charge is -2.11. The van der Waals surface area contributed by atoms with Crippen molar-refractivity contribution in [2.45, 2.75) is 13.0 Å². The predicted molar refractivity (Wildman–Crippen MR) is 73.5 cm³/mol. The molecule has 7 heteroatoms. The van der Waals surface area contributed by atoms with Crippen molar-refractivity contribution in [1.29, 1.82) is 0 Å². The molecule has 20 heavy (non-hydrogen) atoms.